The van der Waals surface area contributed by atoms with Crippen LogP contribution in [0.25, 0.3) is 0 Å². The van der Waals surface area contributed by atoms with Gasteiger partial charge in [0.2, 0.25) is 0 Å². The van der Waals surface area contributed by atoms with E-state index in [2.05, 4.69) is 0 Å². The normalized spacial score (nSPS) is 10.5. The van der Waals surface area contributed by atoms with Gasteiger partial charge in [-0.3, -0.25) is 0 Å². The molecule has 5 heteroatoms. The van der Waals surface area contributed by atoms with E-state index < -0.39 is 11.6 Å². The lowest BCUT2D eigenvalue weighted by Crippen LogP contribution is -1.94. The number of thiophene rings is 1. The first-order valence-electron chi connectivity index (χ1n) is 5.04. The van der Waals surface area contributed by atoms with Crippen molar-refractivity contribution in [1.82, 2.24) is 0 Å². The molecule has 90 valence electrons. The Kier molecular flexibility index (Phi) is 3.71. The van der Waals surface area contributed by atoms with Crippen LogP contribution in [-0.4, -0.2) is 0 Å². The van der Waals surface area contributed by atoms with Gasteiger partial charge in [0.15, 0.2) is 0 Å². The number of hydrogen-bond acceptors (Lipinski definition) is 3. The fourth-order valence-corrected chi connectivity index (χ4v) is 2.19. The molecule has 1 aromatic heterocycles. The molecule has 2 N–H and O–H groups in total. The zero-order valence-electron chi connectivity index (χ0n) is 8.95. The Balaban J connectivity index is 2.01. The number of benzene rings is 1. The molecule has 0 saturated heterocycles. The molecule has 0 spiro atoms. The van der Waals surface area contributed by atoms with Gasteiger partial charge in [-0.1, -0.05) is 0 Å². The van der Waals surface area contributed by atoms with Gasteiger partial charge in [0.1, 0.15) is 24.0 Å². The number of halogens is 2. The van der Waals surface area contributed by atoms with Crippen molar-refractivity contribution in [3.05, 3.63) is 51.7 Å². The van der Waals surface area contributed by atoms with E-state index in [9.17, 15) is 8.78 Å². The van der Waals surface area contributed by atoms with Crippen LogP contribution in [0.5, 0.6) is 5.75 Å². The maximum atomic E-state index is 12.9. The first-order valence-corrected chi connectivity index (χ1v) is 5.85. The molecule has 0 bridgehead atoms. The summed E-state index contributed by atoms with van der Waals surface area (Å²) in [7, 11) is 0. The Morgan fingerprint density at radius 1 is 1.06 bits per heavy atom. The lowest BCUT2D eigenvalue weighted by molar-refractivity contribution is 0.306. The molecule has 0 atom stereocenters. The Bertz CT molecular complexity index is 493. The average Bonchev–Trinajstić information content (AvgIpc) is 2.73. The van der Waals surface area contributed by atoms with Crippen LogP contribution in [0, 0.1) is 11.6 Å². The summed E-state index contributed by atoms with van der Waals surface area (Å²) >= 11 is 1.52. The molecule has 0 amide bonds. The molecule has 0 unspecified atom stereocenters. The predicted molar refractivity (Wildman–Crippen MR) is 62.9 cm³/mol. The van der Waals surface area contributed by atoms with Crippen molar-refractivity contribution < 1.29 is 13.5 Å². The number of ether oxygens (including phenoxy) is 1. The van der Waals surface area contributed by atoms with Gasteiger partial charge in [-0.25, -0.2) is 8.78 Å². The van der Waals surface area contributed by atoms with Crippen molar-refractivity contribution in [3.63, 3.8) is 0 Å². The van der Waals surface area contributed by atoms with Gasteiger partial charge in [0.05, 0.1) is 0 Å². The Morgan fingerprint density at radius 2 is 1.71 bits per heavy atom. The fraction of sp³-hybridized carbons (Fsp3) is 0.167. The molecular weight excluding hydrogens is 244 g/mol. The van der Waals surface area contributed by atoms with E-state index in [1.165, 1.54) is 11.3 Å². The summed E-state index contributed by atoms with van der Waals surface area (Å²) in [6.45, 7) is 0.771. The van der Waals surface area contributed by atoms with Gasteiger partial charge in [0.25, 0.3) is 0 Å². The molecule has 0 saturated carbocycles. The largest absolute Gasteiger partial charge is 0.488 e. The topological polar surface area (TPSA) is 35.2 Å². The summed E-state index contributed by atoms with van der Waals surface area (Å²) in [6.07, 6.45) is 0. The van der Waals surface area contributed by atoms with E-state index in [1.54, 1.807) is 0 Å². The lowest BCUT2D eigenvalue weighted by Gasteiger charge is -2.04. The van der Waals surface area contributed by atoms with E-state index in [0.717, 1.165) is 28.0 Å². The van der Waals surface area contributed by atoms with Gasteiger partial charge in [-0.2, -0.15) is 0 Å². The molecule has 2 rings (SSSR count). The van der Waals surface area contributed by atoms with Crippen LogP contribution in [-0.2, 0) is 13.2 Å². The number of nitrogens with two attached hydrogens (primary N) is 1. The highest BCUT2D eigenvalue weighted by Crippen LogP contribution is 2.20. The third-order valence-electron chi connectivity index (χ3n) is 2.14. The van der Waals surface area contributed by atoms with E-state index in [0.29, 0.717) is 6.54 Å². The van der Waals surface area contributed by atoms with E-state index in [-0.39, 0.29) is 12.4 Å². The van der Waals surface area contributed by atoms with Crippen molar-refractivity contribution in [3.8, 4) is 5.75 Å². The average molecular weight is 255 g/mol. The monoisotopic (exact) mass is 255 g/mol. The van der Waals surface area contributed by atoms with Gasteiger partial charge >= 0.3 is 0 Å². The minimum Gasteiger partial charge on any atom is -0.488 e. The second-order valence-corrected chi connectivity index (χ2v) is 4.72. The summed E-state index contributed by atoms with van der Waals surface area (Å²) < 4.78 is 31.1. The van der Waals surface area contributed by atoms with Crippen molar-refractivity contribution in [2.45, 2.75) is 13.2 Å². The second kappa shape index (κ2) is 5.25. The van der Waals surface area contributed by atoms with Crippen LogP contribution in [0.3, 0.4) is 0 Å². The van der Waals surface area contributed by atoms with Crippen molar-refractivity contribution in [2.24, 2.45) is 5.73 Å². The molecule has 0 aliphatic carbocycles. The fourth-order valence-electron chi connectivity index (χ4n) is 1.38. The Morgan fingerprint density at radius 3 is 2.29 bits per heavy atom. The van der Waals surface area contributed by atoms with Crippen LogP contribution in [0.4, 0.5) is 8.78 Å². The maximum Gasteiger partial charge on any atom is 0.129 e. The minimum absolute atomic E-state index is 0.185. The van der Waals surface area contributed by atoms with Crippen molar-refractivity contribution >= 4 is 11.3 Å². The molecule has 2 nitrogen and oxygen atoms in total. The third kappa shape index (κ3) is 3.25. The minimum atomic E-state index is -0.645. The standard InChI is InChI=1S/C12H11F2NOS/c13-8-3-9(14)5-10(4-8)16-7-12-2-1-11(6-15)17-12/h1-5H,6-7,15H2. The zero-order chi connectivity index (χ0) is 12.3. The molecule has 0 aliphatic rings. The highest BCUT2D eigenvalue weighted by Gasteiger charge is 2.03. The Labute approximate surface area is 102 Å². The smallest absolute Gasteiger partial charge is 0.129 e. The van der Waals surface area contributed by atoms with Crippen LogP contribution in [0.2, 0.25) is 0 Å². The maximum absolute atomic E-state index is 12.9. The summed E-state index contributed by atoms with van der Waals surface area (Å²) in [5, 5.41) is 0. The second-order valence-electron chi connectivity index (χ2n) is 3.47. The Hall–Kier alpha value is -1.46. The first-order chi connectivity index (χ1) is 8.17. The number of rotatable bonds is 4. The third-order valence-corrected chi connectivity index (χ3v) is 3.22. The molecule has 0 fully saturated rings. The van der Waals surface area contributed by atoms with Crippen molar-refractivity contribution in [2.75, 3.05) is 0 Å². The SMILES string of the molecule is NCc1ccc(COc2cc(F)cc(F)c2)s1. The van der Waals surface area contributed by atoms with E-state index in [4.69, 9.17) is 10.5 Å². The summed E-state index contributed by atoms with van der Waals surface area (Å²) in [6, 6.07) is 6.92. The molecule has 1 heterocycles. The number of hydrogen-bond donors (Lipinski definition) is 1. The summed E-state index contributed by atoms with van der Waals surface area (Å²) in [4.78, 5) is 2.02. The van der Waals surface area contributed by atoms with Crippen LogP contribution >= 0.6 is 11.3 Å². The molecule has 17 heavy (non-hydrogen) atoms. The van der Waals surface area contributed by atoms with Crippen LogP contribution in [0.15, 0.2) is 30.3 Å². The lowest BCUT2D eigenvalue weighted by atomic mass is 10.3. The van der Waals surface area contributed by atoms with E-state index >= 15 is 0 Å². The van der Waals surface area contributed by atoms with Crippen LogP contribution < -0.4 is 10.5 Å². The van der Waals surface area contributed by atoms with Crippen LogP contribution in [0.1, 0.15) is 9.75 Å². The molecule has 0 aliphatic heterocycles. The predicted octanol–water partition coefficient (Wildman–Crippen LogP) is 3.06. The zero-order valence-corrected chi connectivity index (χ0v) is 9.77. The van der Waals surface area contributed by atoms with Gasteiger partial charge < -0.3 is 10.5 Å². The highest BCUT2D eigenvalue weighted by molar-refractivity contribution is 7.11. The quantitative estimate of drug-likeness (QED) is 0.911. The molecule has 0 radical (unpaired) electrons. The van der Waals surface area contributed by atoms with Crippen molar-refractivity contribution in [1.29, 1.82) is 0 Å². The molecule has 1 aromatic carbocycles. The molecular formula is C12H11F2NOS. The molecule has 2 aromatic rings. The highest BCUT2D eigenvalue weighted by atomic mass is 32.1. The van der Waals surface area contributed by atoms with E-state index in [1.807, 2.05) is 12.1 Å². The van der Waals surface area contributed by atoms with Gasteiger partial charge in [0, 0.05) is 34.5 Å². The summed E-state index contributed by atoms with van der Waals surface area (Å²) in [5.74, 6) is -1.10. The van der Waals surface area contributed by atoms with Gasteiger partial charge in [-0.05, 0) is 12.1 Å². The first kappa shape index (κ1) is 12.0. The summed E-state index contributed by atoms with van der Waals surface area (Å²) in [5.41, 5.74) is 5.48. The van der Waals surface area contributed by atoms with Gasteiger partial charge in [-0.15, -0.1) is 11.3 Å².